The van der Waals surface area contributed by atoms with Crippen molar-refractivity contribution in [3.8, 4) is 0 Å². The predicted octanol–water partition coefficient (Wildman–Crippen LogP) is -0.710. The highest BCUT2D eigenvalue weighted by Crippen LogP contribution is 2.53. The van der Waals surface area contributed by atoms with Crippen molar-refractivity contribution in [2.75, 3.05) is 6.54 Å². The molecule has 1 aliphatic carbocycles. The maximum absolute atomic E-state index is 12.6. The lowest BCUT2D eigenvalue weighted by Gasteiger charge is -2.52. The average molecular weight is 414 g/mol. The first kappa shape index (κ1) is 20.1. The number of imide groups is 2. The number of carbonyl (C=O) groups is 5. The van der Waals surface area contributed by atoms with E-state index in [1.54, 1.807) is 0 Å². The largest absolute Gasteiger partial charge is 0.481 e. The fraction of sp³-hybridized carbons (Fsp3) is 0.562. The van der Waals surface area contributed by atoms with Crippen LogP contribution in [0.1, 0.15) is 38.5 Å². The lowest BCUT2D eigenvalue weighted by molar-refractivity contribution is -0.168. The minimum atomic E-state index is -5.33. The van der Waals surface area contributed by atoms with Crippen molar-refractivity contribution in [1.82, 2.24) is 9.80 Å². The molecule has 2 fully saturated rings. The third-order valence-electron chi connectivity index (χ3n) is 5.69. The van der Waals surface area contributed by atoms with Crippen LogP contribution in [0.2, 0.25) is 0 Å². The molecular formula is C16H18N2O9S. The van der Waals surface area contributed by atoms with Gasteiger partial charge in [0.05, 0.1) is 0 Å². The summed E-state index contributed by atoms with van der Waals surface area (Å²) in [6.07, 6.45) is 0.596. The van der Waals surface area contributed by atoms with Gasteiger partial charge in [-0.1, -0.05) is 6.42 Å². The summed E-state index contributed by atoms with van der Waals surface area (Å²) >= 11 is 0. The van der Waals surface area contributed by atoms with Gasteiger partial charge < -0.3 is 5.11 Å². The highest BCUT2D eigenvalue weighted by Gasteiger charge is 2.71. The lowest BCUT2D eigenvalue weighted by Crippen LogP contribution is -2.72. The quantitative estimate of drug-likeness (QED) is 0.436. The second-order valence-corrected chi connectivity index (χ2v) is 8.70. The molecule has 2 heterocycles. The Hall–Kier alpha value is -2.60. The Morgan fingerprint density at radius 1 is 1.00 bits per heavy atom. The number of carbonyl (C=O) groups excluding carboxylic acids is 4. The number of aliphatic carboxylic acids is 1. The van der Waals surface area contributed by atoms with E-state index in [1.807, 2.05) is 0 Å². The van der Waals surface area contributed by atoms with Crippen LogP contribution in [-0.4, -0.2) is 68.9 Å². The van der Waals surface area contributed by atoms with Crippen LogP contribution in [-0.2, 0) is 34.1 Å². The molecular weight excluding hydrogens is 396 g/mol. The Morgan fingerprint density at radius 2 is 1.50 bits per heavy atom. The SMILES string of the molecule is O=C1C=CC(=O)N1CC1(C(=O)O)CCCCC1(N1C(=O)CCC1=O)S(=O)(=O)O. The molecule has 12 heteroatoms. The summed E-state index contributed by atoms with van der Waals surface area (Å²) < 4.78 is 35.3. The topological polar surface area (TPSA) is 166 Å². The Labute approximate surface area is 159 Å². The Balaban J connectivity index is 2.26. The second-order valence-electron chi connectivity index (χ2n) is 7.07. The molecule has 3 rings (SSSR count). The van der Waals surface area contributed by atoms with Crippen molar-refractivity contribution in [3.63, 3.8) is 0 Å². The number of rotatable bonds is 5. The van der Waals surface area contributed by atoms with E-state index >= 15 is 0 Å². The van der Waals surface area contributed by atoms with Crippen LogP contribution < -0.4 is 0 Å². The Kier molecular flexibility index (Phi) is 4.66. The van der Waals surface area contributed by atoms with E-state index in [-0.39, 0.29) is 32.1 Å². The van der Waals surface area contributed by atoms with Gasteiger partial charge >= 0.3 is 5.97 Å². The van der Waals surface area contributed by atoms with Gasteiger partial charge in [0.15, 0.2) is 4.87 Å². The van der Waals surface area contributed by atoms with Gasteiger partial charge in [0.1, 0.15) is 5.41 Å². The third-order valence-corrected chi connectivity index (χ3v) is 7.33. The van der Waals surface area contributed by atoms with Gasteiger partial charge in [-0.05, 0) is 19.3 Å². The molecule has 0 aromatic heterocycles. The maximum Gasteiger partial charge on any atom is 0.315 e. The Bertz CT molecular complexity index is 890. The van der Waals surface area contributed by atoms with Gasteiger partial charge in [0, 0.05) is 31.5 Å². The number of hydrogen-bond acceptors (Lipinski definition) is 7. The lowest BCUT2D eigenvalue weighted by atomic mass is 9.68. The number of carboxylic acids is 1. The zero-order chi connectivity index (χ0) is 20.9. The molecule has 2 atom stereocenters. The molecule has 0 radical (unpaired) electrons. The van der Waals surface area contributed by atoms with Crippen LogP contribution in [0.3, 0.4) is 0 Å². The number of nitrogens with zero attached hydrogens (tertiary/aromatic N) is 2. The first-order valence-corrected chi connectivity index (χ1v) is 10.0. The molecule has 152 valence electrons. The first-order valence-electron chi connectivity index (χ1n) is 8.58. The molecule has 3 aliphatic rings. The van der Waals surface area contributed by atoms with E-state index in [1.165, 1.54) is 0 Å². The second kappa shape index (κ2) is 6.48. The maximum atomic E-state index is 12.6. The van der Waals surface area contributed by atoms with Gasteiger partial charge in [-0.2, -0.15) is 8.42 Å². The summed E-state index contributed by atoms with van der Waals surface area (Å²) in [5.74, 6) is -5.27. The summed E-state index contributed by atoms with van der Waals surface area (Å²) in [5.41, 5.74) is -2.47. The van der Waals surface area contributed by atoms with Crippen LogP contribution in [0.5, 0.6) is 0 Å². The minimum Gasteiger partial charge on any atom is -0.481 e. The summed E-state index contributed by atoms with van der Waals surface area (Å²) in [5, 5.41) is 10.1. The molecule has 2 unspecified atom stereocenters. The smallest absolute Gasteiger partial charge is 0.315 e. The van der Waals surface area contributed by atoms with Crippen molar-refractivity contribution < 1.29 is 42.0 Å². The normalized spacial score (nSPS) is 31.2. The monoisotopic (exact) mass is 414 g/mol. The van der Waals surface area contributed by atoms with Crippen LogP contribution in [0.25, 0.3) is 0 Å². The number of likely N-dealkylation sites (tertiary alicyclic amines) is 1. The van der Waals surface area contributed by atoms with Crippen molar-refractivity contribution in [2.24, 2.45) is 5.41 Å². The molecule has 2 N–H and O–H groups in total. The summed E-state index contributed by atoms with van der Waals surface area (Å²) in [7, 11) is -5.33. The van der Waals surface area contributed by atoms with E-state index in [2.05, 4.69) is 0 Å². The van der Waals surface area contributed by atoms with Crippen LogP contribution in [0.15, 0.2) is 12.2 Å². The number of amides is 4. The third kappa shape index (κ3) is 2.58. The molecule has 1 saturated heterocycles. The molecule has 0 aromatic carbocycles. The zero-order valence-corrected chi connectivity index (χ0v) is 15.5. The summed E-state index contributed by atoms with van der Waals surface area (Å²) in [6.45, 7) is -0.899. The molecule has 4 amide bonds. The van der Waals surface area contributed by atoms with Crippen LogP contribution >= 0.6 is 0 Å². The van der Waals surface area contributed by atoms with Crippen molar-refractivity contribution in [3.05, 3.63) is 12.2 Å². The molecule has 11 nitrogen and oxygen atoms in total. The standard InChI is InChI=1S/C16H18N2O9S/c19-10-3-4-11(20)17(10)9-15(14(23)24)7-1-2-8-16(15,28(25,26)27)18-12(21)5-6-13(18)22/h3-4H,1-2,5-9H2,(H,23,24)(H,25,26,27). The minimum absolute atomic E-state index is 0.117. The van der Waals surface area contributed by atoms with Gasteiger partial charge in [0.2, 0.25) is 11.8 Å². The van der Waals surface area contributed by atoms with Crippen molar-refractivity contribution in [2.45, 2.75) is 43.4 Å². The molecule has 0 aromatic rings. The fourth-order valence-corrected chi connectivity index (χ4v) is 6.01. The zero-order valence-electron chi connectivity index (χ0n) is 14.7. The van der Waals surface area contributed by atoms with E-state index in [0.717, 1.165) is 12.2 Å². The molecule has 0 spiro atoms. The van der Waals surface area contributed by atoms with Crippen LogP contribution in [0, 0.1) is 5.41 Å². The first-order chi connectivity index (χ1) is 13.0. The average Bonchev–Trinajstić information content (AvgIpc) is 3.10. The molecule has 1 saturated carbocycles. The van der Waals surface area contributed by atoms with Crippen molar-refractivity contribution >= 4 is 39.7 Å². The molecule has 28 heavy (non-hydrogen) atoms. The van der Waals surface area contributed by atoms with Gasteiger partial charge in [-0.3, -0.25) is 38.3 Å². The van der Waals surface area contributed by atoms with Gasteiger partial charge in [-0.25, -0.2) is 0 Å². The Morgan fingerprint density at radius 3 is 1.96 bits per heavy atom. The highest BCUT2D eigenvalue weighted by molar-refractivity contribution is 7.87. The summed E-state index contributed by atoms with van der Waals surface area (Å²) in [6, 6.07) is 0. The molecule has 2 aliphatic heterocycles. The van der Waals surface area contributed by atoms with E-state index in [4.69, 9.17) is 0 Å². The van der Waals surface area contributed by atoms with E-state index < -0.39 is 63.0 Å². The summed E-state index contributed by atoms with van der Waals surface area (Å²) in [4.78, 5) is 59.3. The highest BCUT2D eigenvalue weighted by atomic mass is 32.2. The number of hydrogen-bond donors (Lipinski definition) is 2. The van der Waals surface area contributed by atoms with Crippen molar-refractivity contribution in [1.29, 1.82) is 0 Å². The van der Waals surface area contributed by atoms with Gasteiger partial charge in [0.25, 0.3) is 21.9 Å². The van der Waals surface area contributed by atoms with E-state index in [9.17, 15) is 42.0 Å². The predicted molar refractivity (Wildman–Crippen MR) is 89.8 cm³/mol. The van der Waals surface area contributed by atoms with Crippen LogP contribution in [0.4, 0.5) is 0 Å². The van der Waals surface area contributed by atoms with E-state index in [0.29, 0.717) is 9.80 Å². The molecule has 0 bridgehead atoms. The van der Waals surface area contributed by atoms with Gasteiger partial charge in [-0.15, -0.1) is 0 Å². The number of carboxylic acid groups (broad SMARTS) is 1. The fourth-order valence-electron chi connectivity index (χ4n) is 4.42.